The summed E-state index contributed by atoms with van der Waals surface area (Å²) >= 11 is 0. The average Bonchev–Trinajstić information content (AvgIpc) is 2.42. The number of carbonyl (C=O) groups is 1. The van der Waals surface area contributed by atoms with E-state index >= 15 is 0 Å². The number of ether oxygens (including phenoxy) is 1. The molecular formula is C14H26O2. The van der Waals surface area contributed by atoms with Crippen LogP contribution in [0.4, 0.5) is 0 Å². The lowest BCUT2D eigenvalue weighted by molar-refractivity contribution is -0.170. The molecule has 5 unspecified atom stereocenters. The minimum atomic E-state index is -0.264. The Kier molecular flexibility index (Phi) is 4.03. The molecule has 94 valence electrons. The van der Waals surface area contributed by atoms with Crippen LogP contribution in [0.5, 0.6) is 0 Å². The van der Waals surface area contributed by atoms with Crippen molar-refractivity contribution in [3.05, 3.63) is 0 Å². The Bertz CT molecular complexity index is 261. The predicted octanol–water partition coefficient (Wildman–Crippen LogP) is 3.65. The second kappa shape index (κ2) is 4.77. The third-order valence-electron chi connectivity index (χ3n) is 4.80. The summed E-state index contributed by atoms with van der Waals surface area (Å²) in [6, 6.07) is 0. The van der Waals surface area contributed by atoms with E-state index < -0.39 is 0 Å². The van der Waals surface area contributed by atoms with Crippen molar-refractivity contribution in [1.82, 2.24) is 0 Å². The van der Waals surface area contributed by atoms with E-state index in [0.29, 0.717) is 17.8 Å². The highest BCUT2D eigenvalue weighted by Crippen LogP contribution is 2.46. The minimum Gasteiger partial charge on any atom is -0.459 e. The van der Waals surface area contributed by atoms with Gasteiger partial charge in [-0.15, -0.1) is 0 Å². The highest BCUT2D eigenvalue weighted by atomic mass is 16.6. The first-order valence-electron chi connectivity index (χ1n) is 6.55. The molecule has 0 N–H and O–H groups in total. The molecule has 16 heavy (non-hydrogen) atoms. The van der Waals surface area contributed by atoms with Gasteiger partial charge in [-0.3, -0.25) is 4.79 Å². The highest BCUT2D eigenvalue weighted by molar-refractivity contribution is 5.72. The lowest BCUT2D eigenvalue weighted by Gasteiger charge is -2.35. The van der Waals surface area contributed by atoms with E-state index in [-0.39, 0.29) is 17.5 Å². The Morgan fingerprint density at radius 3 is 2.38 bits per heavy atom. The van der Waals surface area contributed by atoms with Gasteiger partial charge in [0.15, 0.2) is 0 Å². The number of carbonyl (C=O) groups excluding carboxylic acids is 1. The summed E-state index contributed by atoms with van der Waals surface area (Å²) in [6.45, 7) is 12.7. The molecule has 1 fully saturated rings. The van der Waals surface area contributed by atoms with Crippen molar-refractivity contribution in [3.8, 4) is 0 Å². The molecule has 0 heterocycles. The topological polar surface area (TPSA) is 26.3 Å². The smallest absolute Gasteiger partial charge is 0.309 e. The zero-order valence-electron chi connectivity index (χ0n) is 11.5. The van der Waals surface area contributed by atoms with Gasteiger partial charge >= 0.3 is 5.97 Å². The van der Waals surface area contributed by atoms with Gasteiger partial charge in [0.2, 0.25) is 0 Å². The fourth-order valence-corrected chi connectivity index (χ4v) is 2.69. The molecule has 0 aromatic carbocycles. The first-order chi connectivity index (χ1) is 7.32. The van der Waals surface area contributed by atoms with Crippen LogP contribution in [0.25, 0.3) is 0 Å². The van der Waals surface area contributed by atoms with Crippen molar-refractivity contribution in [3.63, 3.8) is 0 Å². The molecule has 0 amide bonds. The van der Waals surface area contributed by atoms with Crippen molar-refractivity contribution >= 4 is 5.97 Å². The van der Waals surface area contributed by atoms with Crippen LogP contribution in [-0.2, 0) is 9.53 Å². The van der Waals surface area contributed by atoms with Crippen molar-refractivity contribution in [1.29, 1.82) is 0 Å². The Labute approximate surface area is 99.8 Å². The van der Waals surface area contributed by atoms with Gasteiger partial charge < -0.3 is 4.74 Å². The number of hydrogen-bond donors (Lipinski definition) is 0. The normalized spacial score (nSPS) is 40.8. The lowest BCUT2D eigenvalue weighted by Crippen LogP contribution is -2.41. The summed E-state index contributed by atoms with van der Waals surface area (Å²) < 4.78 is 5.81. The summed E-state index contributed by atoms with van der Waals surface area (Å²) in [5, 5.41) is 0. The molecule has 0 saturated heterocycles. The van der Waals surface area contributed by atoms with Crippen LogP contribution in [0.3, 0.4) is 0 Å². The molecule has 0 bridgehead atoms. The van der Waals surface area contributed by atoms with E-state index in [2.05, 4.69) is 27.7 Å². The molecule has 1 saturated carbocycles. The average molecular weight is 226 g/mol. The van der Waals surface area contributed by atoms with E-state index in [1.165, 1.54) is 0 Å². The van der Waals surface area contributed by atoms with Crippen LogP contribution in [-0.4, -0.2) is 11.6 Å². The van der Waals surface area contributed by atoms with Crippen LogP contribution in [0, 0.1) is 23.7 Å². The zero-order valence-corrected chi connectivity index (χ0v) is 11.5. The van der Waals surface area contributed by atoms with Gasteiger partial charge in [0.05, 0.1) is 5.92 Å². The third kappa shape index (κ3) is 2.26. The maximum Gasteiger partial charge on any atom is 0.309 e. The highest BCUT2D eigenvalue weighted by Gasteiger charge is 2.49. The SMILES string of the molecule is CCC(C)C(=O)OC1(C)C(C)CC(C)C1C. The fraction of sp³-hybridized carbons (Fsp3) is 0.929. The quantitative estimate of drug-likeness (QED) is 0.687. The summed E-state index contributed by atoms with van der Waals surface area (Å²) in [5.74, 6) is 1.55. The molecule has 1 aliphatic rings. The first-order valence-corrected chi connectivity index (χ1v) is 6.55. The van der Waals surface area contributed by atoms with Gasteiger partial charge in [0.25, 0.3) is 0 Å². The molecule has 0 aliphatic heterocycles. The Balaban J connectivity index is 2.74. The Morgan fingerprint density at radius 2 is 2.00 bits per heavy atom. The standard InChI is InChI=1S/C14H26O2/c1-7-9(2)13(15)16-14(6)11(4)8-10(3)12(14)5/h9-12H,7-8H2,1-6H3. The summed E-state index contributed by atoms with van der Waals surface area (Å²) in [6.07, 6.45) is 2.01. The second-order valence-corrected chi connectivity index (χ2v) is 5.82. The molecule has 0 radical (unpaired) electrons. The van der Waals surface area contributed by atoms with E-state index in [4.69, 9.17) is 4.74 Å². The molecule has 1 rings (SSSR count). The third-order valence-corrected chi connectivity index (χ3v) is 4.80. The molecule has 0 spiro atoms. The number of esters is 1. The maximum absolute atomic E-state index is 11.9. The molecular weight excluding hydrogens is 200 g/mol. The number of hydrogen-bond acceptors (Lipinski definition) is 2. The van der Waals surface area contributed by atoms with Crippen LogP contribution in [0.1, 0.15) is 54.4 Å². The van der Waals surface area contributed by atoms with Crippen LogP contribution in [0.2, 0.25) is 0 Å². The van der Waals surface area contributed by atoms with Crippen molar-refractivity contribution in [2.24, 2.45) is 23.7 Å². The van der Waals surface area contributed by atoms with Crippen LogP contribution < -0.4 is 0 Å². The van der Waals surface area contributed by atoms with E-state index in [0.717, 1.165) is 12.8 Å². The largest absolute Gasteiger partial charge is 0.459 e. The van der Waals surface area contributed by atoms with Crippen molar-refractivity contribution in [2.45, 2.75) is 60.0 Å². The zero-order chi connectivity index (χ0) is 12.5. The molecule has 5 atom stereocenters. The van der Waals surface area contributed by atoms with Crippen molar-refractivity contribution < 1.29 is 9.53 Å². The van der Waals surface area contributed by atoms with Crippen LogP contribution in [0.15, 0.2) is 0 Å². The van der Waals surface area contributed by atoms with Gasteiger partial charge in [-0.2, -0.15) is 0 Å². The van der Waals surface area contributed by atoms with Gasteiger partial charge in [0, 0.05) is 0 Å². The summed E-state index contributed by atoms with van der Waals surface area (Å²) in [7, 11) is 0. The summed E-state index contributed by atoms with van der Waals surface area (Å²) in [4.78, 5) is 11.9. The first kappa shape index (κ1) is 13.5. The Morgan fingerprint density at radius 1 is 1.44 bits per heavy atom. The molecule has 0 aromatic heterocycles. The summed E-state index contributed by atoms with van der Waals surface area (Å²) in [5.41, 5.74) is -0.264. The molecule has 0 aromatic rings. The number of rotatable bonds is 3. The van der Waals surface area contributed by atoms with E-state index in [1.54, 1.807) is 0 Å². The van der Waals surface area contributed by atoms with Gasteiger partial charge in [-0.25, -0.2) is 0 Å². The van der Waals surface area contributed by atoms with E-state index in [1.807, 2.05) is 13.8 Å². The van der Waals surface area contributed by atoms with Crippen molar-refractivity contribution in [2.75, 3.05) is 0 Å². The van der Waals surface area contributed by atoms with Gasteiger partial charge in [-0.1, -0.05) is 34.6 Å². The van der Waals surface area contributed by atoms with Gasteiger partial charge in [-0.05, 0) is 37.5 Å². The maximum atomic E-state index is 11.9. The van der Waals surface area contributed by atoms with Gasteiger partial charge in [0.1, 0.15) is 5.60 Å². The molecule has 2 nitrogen and oxygen atoms in total. The molecule has 1 aliphatic carbocycles. The fourth-order valence-electron chi connectivity index (χ4n) is 2.69. The lowest BCUT2D eigenvalue weighted by atomic mass is 9.86. The molecule has 2 heteroatoms. The van der Waals surface area contributed by atoms with Crippen LogP contribution >= 0.6 is 0 Å². The minimum absolute atomic E-state index is 0.0205. The second-order valence-electron chi connectivity index (χ2n) is 5.82. The Hall–Kier alpha value is -0.530. The van der Waals surface area contributed by atoms with E-state index in [9.17, 15) is 4.79 Å². The predicted molar refractivity (Wildman–Crippen MR) is 66.1 cm³/mol. The monoisotopic (exact) mass is 226 g/mol.